The van der Waals surface area contributed by atoms with Gasteiger partial charge in [0.1, 0.15) is 17.1 Å². The van der Waals surface area contributed by atoms with Gasteiger partial charge >= 0.3 is 0 Å². The highest BCUT2D eigenvalue weighted by atomic mass is 16.5. The minimum Gasteiger partial charge on any atom is -0.497 e. The first-order chi connectivity index (χ1) is 11.2. The number of nitrogens with one attached hydrogen (secondary N) is 1. The summed E-state index contributed by atoms with van der Waals surface area (Å²) in [6.45, 7) is 2.04. The zero-order chi connectivity index (χ0) is 16.0. The summed E-state index contributed by atoms with van der Waals surface area (Å²) in [5.74, 6) is 3.47. The van der Waals surface area contributed by atoms with E-state index < -0.39 is 5.66 Å². The van der Waals surface area contributed by atoms with Crippen molar-refractivity contribution in [3.63, 3.8) is 0 Å². The Balaban J connectivity index is 1.86. The summed E-state index contributed by atoms with van der Waals surface area (Å²) in [6.07, 6.45) is 5.59. The zero-order valence-electron chi connectivity index (χ0n) is 12.9. The summed E-state index contributed by atoms with van der Waals surface area (Å²) in [7, 11) is 1.64. The molecule has 0 spiro atoms. The van der Waals surface area contributed by atoms with E-state index in [0.717, 1.165) is 23.6 Å². The lowest BCUT2D eigenvalue weighted by Gasteiger charge is -2.43. The van der Waals surface area contributed by atoms with Crippen LogP contribution in [-0.2, 0) is 12.2 Å². The molecular weight excluding hydrogens is 290 g/mol. The molecule has 2 aliphatic heterocycles. The number of methoxy groups -OCH3 is 1. The topological polar surface area (TPSA) is 46.5 Å². The van der Waals surface area contributed by atoms with Crippen molar-refractivity contribution in [2.75, 3.05) is 20.2 Å². The summed E-state index contributed by atoms with van der Waals surface area (Å²) >= 11 is 0. The van der Waals surface area contributed by atoms with Crippen LogP contribution >= 0.6 is 0 Å². The monoisotopic (exact) mass is 307 g/mol. The fourth-order valence-electron chi connectivity index (χ4n) is 3.61. The molecule has 1 saturated heterocycles. The average Bonchev–Trinajstić information content (AvgIpc) is 3.20. The first-order valence-corrected chi connectivity index (χ1v) is 7.57. The lowest BCUT2D eigenvalue weighted by Crippen LogP contribution is -2.57. The SMILES string of the molecule is C#Cc1ccc2n1CC1(c3ccc(OC)cc3)NCCN1C2=O. The van der Waals surface area contributed by atoms with Crippen LogP contribution in [0, 0.1) is 12.3 Å². The van der Waals surface area contributed by atoms with Crippen LogP contribution in [0.15, 0.2) is 36.4 Å². The van der Waals surface area contributed by atoms with Crippen LogP contribution in [0.25, 0.3) is 0 Å². The molecule has 0 aliphatic carbocycles. The molecule has 0 saturated carbocycles. The molecule has 2 aromatic rings. The number of rotatable bonds is 2. The molecule has 2 aliphatic rings. The van der Waals surface area contributed by atoms with Crippen molar-refractivity contribution in [3.05, 3.63) is 53.3 Å². The van der Waals surface area contributed by atoms with Crippen molar-refractivity contribution >= 4 is 5.91 Å². The summed E-state index contributed by atoms with van der Waals surface area (Å²) < 4.78 is 7.17. The van der Waals surface area contributed by atoms with Crippen molar-refractivity contribution in [2.24, 2.45) is 0 Å². The highest BCUT2D eigenvalue weighted by Gasteiger charge is 2.49. The van der Waals surface area contributed by atoms with E-state index in [-0.39, 0.29) is 5.91 Å². The second kappa shape index (κ2) is 4.90. The molecule has 116 valence electrons. The van der Waals surface area contributed by atoms with E-state index in [2.05, 4.69) is 11.2 Å². The Kier molecular flexibility index (Phi) is 2.97. The Morgan fingerprint density at radius 1 is 1.26 bits per heavy atom. The maximum atomic E-state index is 12.9. The van der Waals surface area contributed by atoms with Gasteiger partial charge in [-0.05, 0) is 29.8 Å². The van der Waals surface area contributed by atoms with Gasteiger partial charge in [-0.1, -0.05) is 18.1 Å². The number of aromatic nitrogens is 1. The maximum Gasteiger partial charge on any atom is 0.272 e. The molecule has 1 aromatic heterocycles. The lowest BCUT2D eigenvalue weighted by atomic mass is 9.95. The van der Waals surface area contributed by atoms with Gasteiger partial charge in [-0.2, -0.15) is 0 Å². The van der Waals surface area contributed by atoms with Crippen LogP contribution in [0.4, 0.5) is 0 Å². The molecule has 0 bridgehead atoms. The molecule has 1 aromatic carbocycles. The van der Waals surface area contributed by atoms with E-state index >= 15 is 0 Å². The molecule has 5 nitrogen and oxygen atoms in total. The van der Waals surface area contributed by atoms with E-state index in [0.29, 0.717) is 18.8 Å². The van der Waals surface area contributed by atoms with Crippen molar-refractivity contribution < 1.29 is 9.53 Å². The molecule has 1 atom stereocenters. The number of terminal acetylenes is 1. The van der Waals surface area contributed by atoms with Gasteiger partial charge in [-0.15, -0.1) is 6.42 Å². The number of carbonyl (C=O) groups excluding carboxylic acids is 1. The number of nitrogens with zero attached hydrogens (tertiary/aromatic N) is 2. The van der Waals surface area contributed by atoms with Gasteiger partial charge in [0.2, 0.25) is 0 Å². The average molecular weight is 307 g/mol. The first-order valence-electron chi connectivity index (χ1n) is 7.57. The predicted molar refractivity (Wildman–Crippen MR) is 86.1 cm³/mol. The normalized spacial score (nSPS) is 22.4. The Bertz CT molecular complexity index is 816. The van der Waals surface area contributed by atoms with Crippen LogP contribution in [0.2, 0.25) is 0 Å². The van der Waals surface area contributed by atoms with Crippen molar-refractivity contribution in [1.29, 1.82) is 0 Å². The molecule has 1 amide bonds. The minimum atomic E-state index is -0.555. The van der Waals surface area contributed by atoms with Gasteiger partial charge in [0, 0.05) is 13.1 Å². The smallest absolute Gasteiger partial charge is 0.272 e. The molecule has 0 radical (unpaired) electrons. The third-order valence-corrected chi connectivity index (χ3v) is 4.76. The standard InChI is InChI=1S/C18H17N3O2/c1-3-14-6-9-16-17(22)21-11-10-19-18(21,12-20(14)16)13-4-7-15(23-2)8-5-13/h1,4-9,19H,10-12H2,2H3. The predicted octanol–water partition coefficient (Wildman–Crippen LogP) is 1.39. The fourth-order valence-corrected chi connectivity index (χ4v) is 3.61. The van der Waals surface area contributed by atoms with Crippen LogP contribution in [0.3, 0.4) is 0 Å². The number of hydrogen-bond acceptors (Lipinski definition) is 3. The highest BCUT2D eigenvalue weighted by Crippen LogP contribution is 2.37. The minimum absolute atomic E-state index is 0.0126. The molecule has 1 unspecified atom stereocenters. The lowest BCUT2D eigenvalue weighted by molar-refractivity contribution is 0.0396. The quantitative estimate of drug-likeness (QED) is 0.853. The second-order valence-electron chi connectivity index (χ2n) is 5.81. The first kappa shape index (κ1) is 13.9. The van der Waals surface area contributed by atoms with E-state index in [1.807, 2.05) is 45.9 Å². The number of benzene rings is 1. The van der Waals surface area contributed by atoms with E-state index in [1.165, 1.54) is 0 Å². The zero-order valence-corrected chi connectivity index (χ0v) is 12.9. The van der Waals surface area contributed by atoms with Crippen LogP contribution in [-0.4, -0.2) is 35.6 Å². The summed E-state index contributed by atoms with van der Waals surface area (Å²) in [5.41, 5.74) is 1.87. The van der Waals surface area contributed by atoms with Crippen LogP contribution in [0.5, 0.6) is 5.75 Å². The number of fused-ring (bicyclic) bond motifs is 2. The van der Waals surface area contributed by atoms with E-state index in [1.54, 1.807) is 7.11 Å². The molecule has 1 N–H and O–H groups in total. The largest absolute Gasteiger partial charge is 0.497 e. The van der Waals surface area contributed by atoms with Gasteiger partial charge in [0.25, 0.3) is 5.91 Å². The molecular formula is C18H17N3O2. The van der Waals surface area contributed by atoms with Gasteiger partial charge in [0.05, 0.1) is 19.3 Å². The van der Waals surface area contributed by atoms with Crippen LogP contribution in [0.1, 0.15) is 21.7 Å². The molecule has 1 fully saturated rings. The van der Waals surface area contributed by atoms with Gasteiger partial charge < -0.3 is 14.2 Å². The number of amides is 1. The Morgan fingerprint density at radius 2 is 2.04 bits per heavy atom. The molecule has 3 heterocycles. The molecule has 4 rings (SSSR count). The van der Waals surface area contributed by atoms with Gasteiger partial charge in [0.15, 0.2) is 0 Å². The Hall–Kier alpha value is -2.71. The summed E-state index contributed by atoms with van der Waals surface area (Å²) in [4.78, 5) is 14.8. The Labute approximate surface area is 134 Å². The molecule has 23 heavy (non-hydrogen) atoms. The van der Waals surface area contributed by atoms with Gasteiger partial charge in [-0.25, -0.2) is 0 Å². The summed E-state index contributed by atoms with van der Waals surface area (Å²) in [6, 6.07) is 11.5. The molecule has 5 heteroatoms. The Morgan fingerprint density at radius 3 is 2.74 bits per heavy atom. The third-order valence-electron chi connectivity index (χ3n) is 4.76. The fraction of sp³-hybridized carbons (Fsp3) is 0.278. The van der Waals surface area contributed by atoms with Crippen LogP contribution < -0.4 is 10.1 Å². The van der Waals surface area contributed by atoms with E-state index in [9.17, 15) is 4.79 Å². The maximum absolute atomic E-state index is 12.9. The number of ether oxygens (including phenoxy) is 1. The van der Waals surface area contributed by atoms with Gasteiger partial charge in [-0.3, -0.25) is 10.1 Å². The highest BCUT2D eigenvalue weighted by molar-refractivity contribution is 5.95. The third kappa shape index (κ3) is 1.82. The van der Waals surface area contributed by atoms with Crippen molar-refractivity contribution in [2.45, 2.75) is 12.2 Å². The summed E-state index contributed by atoms with van der Waals surface area (Å²) in [5, 5.41) is 3.51. The van der Waals surface area contributed by atoms with E-state index in [4.69, 9.17) is 11.2 Å². The second-order valence-corrected chi connectivity index (χ2v) is 5.81. The number of carbonyl (C=O) groups is 1. The van der Waals surface area contributed by atoms with Crippen molar-refractivity contribution in [1.82, 2.24) is 14.8 Å². The number of hydrogen-bond donors (Lipinski definition) is 1. The van der Waals surface area contributed by atoms with Crippen molar-refractivity contribution in [3.8, 4) is 18.1 Å².